The van der Waals surface area contributed by atoms with E-state index in [0.29, 0.717) is 45.5 Å². The Balaban J connectivity index is 1.72. The molecule has 29 heavy (non-hydrogen) atoms. The lowest BCUT2D eigenvalue weighted by Crippen LogP contribution is -2.52. The van der Waals surface area contributed by atoms with Crippen molar-refractivity contribution in [2.45, 2.75) is 39.0 Å². The topological polar surface area (TPSA) is 68.3 Å². The maximum absolute atomic E-state index is 13.0. The molecule has 0 spiro atoms. The Bertz CT molecular complexity index is 704. The van der Waals surface area contributed by atoms with E-state index in [1.165, 1.54) is 0 Å². The van der Waals surface area contributed by atoms with E-state index in [2.05, 4.69) is 0 Å². The van der Waals surface area contributed by atoms with Gasteiger partial charge in [-0.15, -0.1) is 0 Å². The number of rotatable bonds is 8. The van der Waals surface area contributed by atoms with Gasteiger partial charge in [-0.05, 0) is 50.3 Å². The van der Waals surface area contributed by atoms with Gasteiger partial charge in [0.25, 0.3) is 0 Å². The van der Waals surface area contributed by atoms with E-state index in [-0.39, 0.29) is 11.9 Å². The van der Waals surface area contributed by atoms with Crippen molar-refractivity contribution < 1.29 is 23.9 Å². The summed E-state index contributed by atoms with van der Waals surface area (Å²) in [5.41, 5.74) is 0.289. The molecule has 2 aliphatic rings. The van der Waals surface area contributed by atoms with Crippen LogP contribution in [0.1, 0.15) is 38.2 Å². The lowest BCUT2D eigenvalue weighted by Gasteiger charge is -2.41. The predicted octanol–water partition coefficient (Wildman–Crippen LogP) is 2.44. The number of nitrogens with zero attached hydrogens (tertiary/aromatic N) is 2. The Morgan fingerprint density at radius 2 is 2.10 bits per heavy atom. The third-order valence-corrected chi connectivity index (χ3v) is 5.72. The molecule has 0 N–H and O–H groups in total. The molecule has 2 saturated heterocycles. The molecule has 0 aromatic heterocycles. The number of carbonyl (C=O) groups excluding carboxylic acids is 2. The van der Waals surface area contributed by atoms with E-state index in [4.69, 9.17) is 14.3 Å². The number of amides is 1. The monoisotopic (exact) mass is 404 g/mol. The predicted molar refractivity (Wildman–Crippen MR) is 108 cm³/mol. The number of hydroxylamine groups is 2. The average Bonchev–Trinajstić information content (AvgIpc) is 3.26. The second-order valence-electron chi connectivity index (χ2n) is 7.81. The van der Waals surface area contributed by atoms with Crippen LogP contribution in [0.3, 0.4) is 0 Å². The van der Waals surface area contributed by atoms with Crippen molar-refractivity contribution in [2.24, 2.45) is 5.41 Å². The summed E-state index contributed by atoms with van der Waals surface area (Å²) in [6.45, 7) is 5.41. The lowest BCUT2D eigenvalue weighted by atomic mass is 9.75. The minimum absolute atomic E-state index is 0.0690. The van der Waals surface area contributed by atoms with E-state index in [9.17, 15) is 9.59 Å². The van der Waals surface area contributed by atoms with Crippen molar-refractivity contribution in [1.82, 2.24) is 9.96 Å². The first-order chi connectivity index (χ1) is 14.1. The van der Waals surface area contributed by atoms with E-state index < -0.39 is 5.41 Å². The highest BCUT2D eigenvalue weighted by atomic mass is 16.7. The van der Waals surface area contributed by atoms with Gasteiger partial charge in [0.05, 0.1) is 25.7 Å². The van der Waals surface area contributed by atoms with Crippen molar-refractivity contribution >= 4 is 11.9 Å². The normalized spacial score (nSPS) is 22.5. The molecule has 0 bridgehead atoms. The molecular weight excluding hydrogens is 372 g/mol. The van der Waals surface area contributed by atoms with Crippen LogP contribution in [0.15, 0.2) is 24.3 Å². The fourth-order valence-corrected chi connectivity index (χ4v) is 4.24. The van der Waals surface area contributed by atoms with Crippen molar-refractivity contribution in [3.05, 3.63) is 29.8 Å². The summed E-state index contributed by atoms with van der Waals surface area (Å²) in [6, 6.07) is 7.76. The molecule has 1 amide bonds. The van der Waals surface area contributed by atoms with Crippen molar-refractivity contribution in [2.75, 3.05) is 46.5 Å². The van der Waals surface area contributed by atoms with Crippen molar-refractivity contribution in [3.63, 3.8) is 0 Å². The third-order valence-electron chi connectivity index (χ3n) is 5.72. The Labute approximate surface area is 172 Å². The van der Waals surface area contributed by atoms with Gasteiger partial charge in [-0.2, -0.15) is 5.06 Å². The Kier molecular flexibility index (Phi) is 7.50. The summed E-state index contributed by atoms with van der Waals surface area (Å²) in [7, 11) is 1.63. The van der Waals surface area contributed by atoms with Crippen LogP contribution in [0.4, 0.5) is 0 Å². The molecule has 1 aromatic rings. The first-order valence-electron chi connectivity index (χ1n) is 10.5. The van der Waals surface area contributed by atoms with E-state index in [1.807, 2.05) is 41.2 Å². The number of piperidine rings is 1. The van der Waals surface area contributed by atoms with Crippen LogP contribution in [0.2, 0.25) is 0 Å². The molecule has 2 heterocycles. The lowest BCUT2D eigenvalue weighted by molar-refractivity contribution is -0.161. The van der Waals surface area contributed by atoms with E-state index in [0.717, 1.165) is 37.3 Å². The Morgan fingerprint density at radius 3 is 2.83 bits per heavy atom. The molecule has 0 radical (unpaired) electrons. The molecule has 0 aliphatic carbocycles. The largest absolute Gasteiger partial charge is 0.497 e. The molecule has 3 rings (SSSR count). The number of esters is 1. The van der Waals surface area contributed by atoms with Crippen LogP contribution < -0.4 is 4.74 Å². The van der Waals surface area contributed by atoms with Gasteiger partial charge in [-0.25, -0.2) is 0 Å². The minimum Gasteiger partial charge on any atom is -0.497 e. The average molecular weight is 405 g/mol. The van der Waals surface area contributed by atoms with Crippen LogP contribution >= 0.6 is 0 Å². The number of methoxy groups -OCH3 is 1. The number of hydrogen-bond acceptors (Lipinski definition) is 6. The molecule has 2 fully saturated rings. The quantitative estimate of drug-likeness (QED) is 0.620. The molecule has 7 heteroatoms. The zero-order valence-corrected chi connectivity index (χ0v) is 17.5. The number of ether oxygens (including phenoxy) is 2. The van der Waals surface area contributed by atoms with Crippen LogP contribution in [0, 0.1) is 5.41 Å². The molecule has 1 atom stereocenters. The number of hydrogen-bond donors (Lipinski definition) is 0. The first kappa shape index (κ1) is 21.6. The molecule has 160 valence electrons. The number of benzene rings is 1. The summed E-state index contributed by atoms with van der Waals surface area (Å²) in [6.07, 6.45) is 3.43. The van der Waals surface area contributed by atoms with E-state index >= 15 is 0 Å². The van der Waals surface area contributed by atoms with Gasteiger partial charge in [-0.1, -0.05) is 12.1 Å². The van der Waals surface area contributed by atoms with Gasteiger partial charge in [-0.3, -0.25) is 14.4 Å². The minimum atomic E-state index is -0.722. The smallest absolute Gasteiger partial charge is 0.314 e. The third kappa shape index (κ3) is 5.48. The van der Waals surface area contributed by atoms with Crippen molar-refractivity contribution in [1.29, 1.82) is 0 Å². The summed E-state index contributed by atoms with van der Waals surface area (Å²) >= 11 is 0. The van der Waals surface area contributed by atoms with Gasteiger partial charge in [0.1, 0.15) is 5.75 Å². The zero-order valence-electron chi connectivity index (χ0n) is 17.5. The summed E-state index contributed by atoms with van der Waals surface area (Å²) < 4.78 is 10.8. The fraction of sp³-hybridized carbons (Fsp3) is 0.636. The SMILES string of the molecule is CCOC(=O)C1(Cc2cccc(OC)c2)CCCN(C(=O)CCN2CCCO2)C1. The first-order valence-corrected chi connectivity index (χ1v) is 10.5. The molecule has 2 aliphatic heterocycles. The maximum Gasteiger partial charge on any atom is 0.314 e. The van der Waals surface area contributed by atoms with Gasteiger partial charge in [0.2, 0.25) is 5.91 Å². The maximum atomic E-state index is 13.0. The summed E-state index contributed by atoms with van der Waals surface area (Å²) in [4.78, 5) is 33.2. The van der Waals surface area contributed by atoms with Crippen LogP contribution in [-0.4, -0.2) is 68.3 Å². The second-order valence-corrected chi connectivity index (χ2v) is 7.81. The molecule has 1 unspecified atom stereocenters. The number of carbonyl (C=O) groups is 2. The zero-order chi connectivity index (χ0) is 20.7. The molecular formula is C22H32N2O5. The Hall–Kier alpha value is -2.12. The van der Waals surface area contributed by atoms with Gasteiger partial charge in [0, 0.05) is 32.6 Å². The highest BCUT2D eigenvalue weighted by molar-refractivity contribution is 5.81. The second kappa shape index (κ2) is 10.1. The molecule has 0 saturated carbocycles. The standard InChI is InChI=1S/C22H32N2O5/c1-3-28-21(26)22(16-18-7-4-8-19(15-18)27-2)10-5-11-23(17-22)20(25)9-13-24-12-6-14-29-24/h4,7-8,15H,3,5-6,9-14,16-17H2,1-2H3. The van der Waals surface area contributed by atoms with Crippen LogP contribution in [-0.2, 0) is 25.6 Å². The van der Waals surface area contributed by atoms with Gasteiger partial charge < -0.3 is 14.4 Å². The van der Waals surface area contributed by atoms with Crippen LogP contribution in [0.25, 0.3) is 0 Å². The highest BCUT2D eigenvalue weighted by Crippen LogP contribution is 2.36. The summed E-state index contributed by atoms with van der Waals surface area (Å²) in [5.74, 6) is 0.610. The summed E-state index contributed by atoms with van der Waals surface area (Å²) in [5, 5.41) is 1.86. The Morgan fingerprint density at radius 1 is 1.24 bits per heavy atom. The fourth-order valence-electron chi connectivity index (χ4n) is 4.24. The van der Waals surface area contributed by atoms with E-state index in [1.54, 1.807) is 7.11 Å². The van der Waals surface area contributed by atoms with Gasteiger partial charge >= 0.3 is 5.97 Å². The molecule has 1 aromatic carbocycles. The number of likely N-dealkylation sites (tertiary alicyclic amines) is 1. The van der Waals surface area contributed by atoms with Gasteiger partial charge in [0.15, 0.2) is 0 Å². The molecule has 7 nitrogen and oxygen atoms in total. The highest BCUT2D eigenvalue weighted by Gasteiger charge is 2.44. The van der Waals surface area contributed by atoms with Crippen LogP contribution in [0.5, 0.6) is 5.75 Å². The van der Waals surface area contributed by atoms with Crippen molar-refractivity contribution in [3.8, 4) is 5.75 Å².